The van der Waals surface area contributed by atoms with Crippen molar-refractivity contribution in [2.75, 3.05) is 0 Å². The van der Waals surface area contributed by atoms with Crippen LogP contribution in [0.2, 0.25) is 0 Å². The van der Waals surface area contributed by atoms with Gasteiger partial charge < -0.3 is 9.72 Å². The summed E-state index contributed by atoms with van der Waals surface area (Å²) in [5.74, 6) is 1.69. The molecule has 142 valence electrons. The molecule has 1 aromatic carbocycles. The third kappa shape index (κ3) is 3.80. The zero-order chi connectivity index (χ0) is 18.9. The Hall–Kier alpha value is -2.50. The van der Waals surface area contributed by atoms with Crippen LogP contribution < -0.4 is 4.74 Å². The normalized spacial score (nSPS) is 15.5. The van der Waals surface area contributed by atoms with Gasteiger partial charge in [0.2, 0.25) is 5.65 Å². The quantitative estimate of drug-likeness (QED) is 0.644. The number of fused-ring (bicyclic) bond motifs is 2. The summed E-state index contributed by atoms with van der Waals surface area (Å²) in [5, 5.41) is 7.93. The molecular weight excluding hydrogens is 338 g/mol. The van der Waals surface area contributed by atoms with Crippen molar-refractivity contribution in [1.82, 2.24) is 25.1 Å². The van der Waals surface area contributed by atoms with Crippen LogP contribution in [0.15, 0.2) is 18.5 Å². The Labute approximate surface area is 159 Å². The number of aromatic amines is 1. The molecule has 6 heteroatoms. The molecule has 0 aliphatic carbocycles. The van der Waals surface area contributed by atoms with Gasteiger partial charge in [-0.25, -0.2) is 9.97 Å². The third-order valence-corrected chi connectivity index (χ3v) is 5.23. The lowest BCUT2D eigenvalue weighted by molar-refractivity contribution is 0.0854. The Morgan fingerprint density at radius 3 is 2.89 bits per heavy atom. The summed E-state index contributed by atoms with van der Waals surface area (Å²) in [6.45, 7) is 6.53. The predicted molar refractivity (Wildman–Crippen MR) is 106 cm³/mol. The van der Waals surface area contributed by atoms with Gasteiger partial charge in [0.25, 0.3) is 0 Å². The molecule has 4 rings (SSSR count). The summed E-state index contributed by atoms with van der Waals surface area (Å²) in [6.07, 6.45) is 9.59. The second-order valence-electron chi connectivity index (χ2n) is 8.02. The summed E-state index contributed by atoms with van der Waals surface area (Å²) in [5.41, 5.74) is 4.64. The Balaban J connectivity index is 1.75. The van der Waals surface area contributed by atoms with Gasteiger partial charge in [0.15, 0.2) is 5.65 Å². The second-order valence-corrected chi connectivity index (χ2v) is 8.02. The lowest BCUT2D eigenvalue weighted by Crippen LogP contribution is -2.33. The molecule has 27 heavy (non-hydrogen) atoms. The van der Waals surface area contributed by atoms with E-state index >= 15 is 0 Å². The molecule has 0 radical (unpaired) electrons. The number of hydrogen-bond acceptors (Lipinski definition) is 5. The molecule has 2 aromatic heterocycles. The minimum Gasteiger partial charge on any atom is -0.487 e. The highest BCUT2D eigenvalue weighted by Gasteiger charge is 2.30. The van der Waals surface area contributed by atoms with Crippen LogP contribution in [0, 0.1) is 0 Å². The van der Waals surface area contributed by atoms with Crippen LogP contribution in [0.3, 0.4) is 0 Å². The zero-order valence-electron chi connectivity index (χ0n) is 16.4. The monoisotopic (exact) mass is 365 g/mol. The topological polar surface area (TPSA) is 76.6 Å². The highest BCUT2D eigenvalue weighted by atomic mass is 16.5. The maximum absolute atomic E-state index is 6.38. The maximum Gasteiger partial charge on any atom is 0.201 e. The van der Waals surface area contributed by atoms with Crippen molar-refractivity contribution in [1.29, 1.82) is 0 Å². The van der Waals surface area contributed by atoms with Gasteiger partial charge in [0, 0.05) is 0 Å². The fourth-order valence-corrected chi connectivity index (χ4v) is 3.71. The number of aryl methyl sites for hydroxylation is 2. The van der Waals surface area contributed by atoms with Crippen molar-refractivity contribution in [3.63, 3.8) is 0 Å². The molecular formula is C21H27N5O. The largest absolute Gasteiger partial charge is 0.487 e. The van der Waals surface area contributed by atoms with E-state index < -0.39 is 0 Å². The van der Waals surface area contributed by atoms with E-state index in [9.17, 15) is 0 Å². The molecule has 0 spiro atoms. The fraction of sp³-hybridized carbons (Fsp3) is 0.524. The van der Waals surface area contributed by atoms with Gasteiger partial charge >= 0.3 is 0 Å². The summed E-state index contributed by atoms with van der Waals surface area (Å²) in [6, 6.07) is 4.54. The number of benzene rings is 1. The predicted octanol–water partition coefficient (Wildman–Crippen LogP) is 4.64. The van der Waals surface area contributed by atoms with Crippen LogP contribution in [-0.2, 0) is 12.8 Å². The number of unbranched alkanes of at least 4 members (excludes halogenated alkanes) is 3. The van der Waals surface area contributed by atoms with Crippen molar-refractivity contribution in [3.8, 4) is 17.1 Å². The molecule has 0 bridgehead atoms. The van der Waals surface area contributed by atoms with Crippen LogP contribution in [0.4, 0.5) is 0 Å². The molecule has 0 unspecified atom stereocenters. The highest BCUT2D eigenvalue weighted by molar-refractivity contribution is 5.76. The van der Waals surface area contributed by atoms with E-state index in [1.165, 1.54) is 43.1 Å². The molecule has 1 N–H and O–H groups in total. The number of ether oxygens (including phenoxy) is 1. The number of hydrogen-bond donors (Lipinski definition) is 1. The number of H-pyrrole nitrogens is 1. The smallest absolute Gasteiger partial charge is 0.201 e. The van der Waals surface area contributed by atoms with Gasteiger partial charge in [-0.3, -0.25) is 0 Å². The molecule has 0 amide bonds. The zero-order valence-corrected chi connectivity index (χ0v) is 16.4. The average molecular weight is 365 g/mol. The van der Waals surface area contributed by atoms with E-state index in [0.717, 1.165) is 36.4 Å². The third-order valence-electron chi connectivity index (χ3n) is 5.23. The van der Waals surface area contributed by atoms with E-state index in [2.05, 4.69) is 58.1 Å². The van der Waals surface area contributed by atoms with Crippen molar-refractivity contribution >= 4 is 11.3 Å². The Morgan fingerprint density at radius 1 is 1.19 bits per heavy atom. The van der Waals surface area contributed by atoms with Gasteiger partial charge in [-0.2, -0.15) is 0 Å². The highest BCUT2D eigenvalue weighted by Crippen LogP contribution is 2.41. The van der Waals surface area contributed by atoms with E-state index in [1.54, 1.807) is 0 Å². The molecule has 1 aliphatic rings. The van der Waals surface area contributed by atoms with E-state index in [1.807, 2.05) is 0 Å². The summed E-state index contributed by atoms with van der Waals surface area (Å²) >= 11 is 0. The minimum absolute atomic E-state index is 0.172. The van der Waals surface area contributed by atoms with E-state index in [0.29, 0.717) is 11.3 Å². The van der Waals surface area contributed by atoms with Crippen molar-refractivity contribution < 1.29 is 4.74 Å². The molecule has 3 heterocycles. The van der Waals surface area contributed by atoms with E-state index in [4.69, 9.17) is 4.74 Å². The molecule has 3 aromatic rings. The molecule has 0 saturated carbocycles. The molecule has 0 fully saturated rings. The number of imidazole rings is 1. The van der Waals surface area contributed by atoms with Gasteiger partial charge in [0.05, 0.1) is 5.56 Å². The van der Waals surface area contributed by atoms with Crippen LogP contribution in [-0.4, -0.2) is 30.8 Å². The molecule has 0 saturated heterocycles. The number of rotatable bonds is 6. The molecule has 6 nitrogen and oxygen atoms in total. The Morgan fingerprint density at radius 2 is 2.07 bits per heavy atom. The van der Waals surface area contributed by atoms with Crippen molar-refractivity contribution in [2.45, 2.75) is 71.3 Å². The van der Waals surface area contributed by atoms with Gasteiger partial charge in [-0.1, -0.05) is 32.3 Å². The summed E-state index contributed by atoms with van der Waals surface area (Å²) in [7, 11) is 0. The standard InChI is InChI=1S/C21H27N5O/c1-4-5-6-7-8-14-11-15-9-10-21(2,3)27-17(15)16(12-14)18-24-19-20(25-18)26-23-13-22-19/h11-13H,4-10H2,1-3H3,(H,22,23,24,25,26). The second kappa shape index (κ2) is 7.25. The van der Waals surface area contributed by atoms with Crippen LogP contribution in [0.25, 0.3) is 22.7 Å². The first-order valence-corrected chi connectivity index (χ1v) is 9.94. The first-order valence-electron chi connectivity index (χ1n) is 9.94. The SMILES string of the molecule is CCCCCCc1cc2c(c(-c3nc4ncnnc4[nH]3)c1)OC(C)(C)CC2. The number of nitrogens with one attached hydrogen (secondary N) is 1. The van der Waals surface area contributed by atoms with Gasteiger partial charge in [-0.15, -0.1) is 10.2 Å². The number of aromatic nitrogens is 5. The van der Waals surface area contributed by atoms with Crippen LogP contribution in [0.1, 0.15) is 64.0 Å². The maximum atomic E-state index is 6.38. The Bertz CT molecular complexity index is 914. The number of nitrogens with zero attached hydrogens (tertiary/aromatic N) is 4. The average Bonchev–Trinajstić information content (AvgIpc) is 3.08. The van der Waals surface area contributed by atoms with Gasteiger partial charge in [0.1, 0.15) is 23.5 Å². The van der Waals surface area contributed by atoms with Crippen LogP contribution >= 0.6 is 0 Å². The van der Waals surface area contributed by atoms with Gasteiger partial charge in [-0.05, 0) is 56.7 Å². The fourth-order valence-electron chi connectivity index (χ4n) is 3.71. The van der Waals surface area contributed by atoms with Crippen molar-refractivity contribution in [2.24, 2.45) is 0 Å². The minimum atomic E-state index is -0.172. The van der Waals surface area contributed by atoms with E-state index in [-0.39, 0.29) is 5.60 Å². The molecule has 0 atom stereocenters. The first kappa shape index (κ1) is 17.9. The lowest BCUT2D eigenvalue weighted by atomic mass is 9.90. The van der Waals surface area contributed by atoms with Crippen molar-refractivity contribution in [3.05, 3.63) is 29.6 Å². The summed E-state index contributed by atoms with van der Waals surface area (Å²) in [4.78, 5) is 12.1. The first-order chi connectivity index (χ1) is 13.1. The Kier molecular flexibility index (Phi) is 4.81. The molecule has 1 aliphatic heterocycles. The summed E-state index contributed by atoms with van der Waals surface area (Å²) < 4.78 is 6.38. The van der Waals surface area contributed by atoms with Crippen LogP contribution in [0.5, 0.6) is 5.75 Å². The lowest BCUT2D eigenvalue weighted by Gasteiger charge is -2.34.